The first kappa shape index (κ1) is 19.3. The average Bonchev–Trinajstić information content (AvgIpc) is 2.39. The highest BCUT2D eigenvalue weighted by molar-refractivity contribution is 5.68. The average molecular weight is 295 g/mol. The Hall–Kier alpha value is -1.71. The van der Waals surface area contributed by atoms with Crippen LogP contribution in [-0.2, 0) is 4.74 Å². The molecule has 0 aliphatic carbocycles. The normalized spacial score (nSPS) is 12.5. The monoisotopic (exact) mass is 295 g/mol. The van der Waals surface area contributed by atoms with Gasteiger partial charge in [0.25, 0.3) is 0 Å². The lowest BCUT2D eigenvalue weighted by molar-refractivity contribution is 0.0251. The van der Waals surface area contributed by atoms with E-state index in [1.54, 1.807) is 30.1 Å². The van der Waals surface area contributed by atoms with E-state index in [0.717, 1.165) is 19.3 Å². The summed E-state index contributed by atoms with van der Waals surface area (Å²) in [6, 6.07) is 0. The Morgan fingerprint density at radius 1 is 1.29 bits per heavy atom. The van der Waals surface area contributed by atoms with Crippen molar-refractivity contribution in [2.75, 3.05) is 13.1 Å². The standard InChI is InChI=1S/C17H29NO3/c1-6-8-13-18(16(20)21-17(3,4)5)14-11-9-10-12-15(19)7-2/h6-7,10,12,19H,1,8-9,11,13-14H2,2-5H3/b12-10-,15-7+. The van der Waals surface area contributed by atoms with Gasteiger partial charge < -0.3 is 14.7 Å². The van der Waals surface area contributed by atoms with Gasteiger partial charge in [0.15, 0.2) is 0 Å². The maximum atomic E-state index is 12.1. The molecule has 120 valence electrons. The number of carbonyl (C=O) groups excluding carboxylic acids is 1. The zero-order chi connectivity index (χ0) is 16.3. The number of unbranched alkanes of at least 4 members (excludes halogenated alkanes) is 1. The maximum Gasteiger partial charge on any atom is 0.410 e. The van der Waals surface area contributed by atoms with Crippen LogP contribution in [0, 0.1) is 0 Å². The van der Waals surface area contributed by atoms with Crippen LogP contribution in [0.3, 0.4) is 0 Å². The minimum Gasteiger partial charge on any atom is -0.508 e. The molecule has 4 heteroatoms. The first-order valence-corrected chi connectivity index (χ1v) is 7.40. The fourth-order valence-corrected chi connectivity index (χ4v) is 1.57. The first-order valence-electron chi connectivity index (χ1n) is 7.40. The van der Waals surface area contributed by atoms with Crippen LogP contribution in [0.4, 0.5) is 4.79 Å². The molecular formula is C17H29NO3. The molecular weight excluding hydrogens is 266 g/mol. The number of nitrogens with zero attached hydrogens (tertiary/aromatic N) is 1. The summed E-state index contributed by atoms with van der Waals surface area (Å²) in [5.74, 6) is 0.255. The fourth-order valence-electron chi connectivity index (χ4n) is 1.57. The number of allylic oxidation sites excluding steroid dienone is 3. The van der Waals surface area contributed by atoms with Crippen LogP contribution in [0.25, 0.3) is 0 Å². The van der Waals surface area contributed by atoms with Crippen LogP contribution in [0.15, 0.2) is 36.6 Å². The van der Waals surface area contributed by atoms with Gasteiger partial charge in [-0.3, -0.25) is 0 Å². The number of hydrogen-bond acceptors (Lipinski definition) is 3. The smallest absolute Gasteiger partial charge is 0.410 e. The van der Waals surface area contributed by atoms with Crippen molar-refractivity contribution in [2.45, 2.75) is 52.6 Å². The summed E-state index contributed by atoms with van der Waals surface area (Å²) in [6.07, 6.45) is 9.07. The Bertz CT molecular complexity index is 378. The summed E-state index contributed by atoms with van der Waals surface area (Å²) >= 11 is 0. The third-order valence-electron chi connectivity index (χ3n) is 2.64. The van der Waals surface area contributed by atoms with E-state index in [9.17, 15) is 9.90 Å². The van der Waals surface area contributed by atoms with Gasteiger partial charge in [0.1, 0.15) is 11.4 Å². The summed E-state index contributed by atoms with van der Waals surface area (Å²) in [5.41, 5.74) is -0.485. The summed E-state index contributed by atoms with van der Waals surface area (Å²) in [6.45, 7) is 12.3. The lowest BCUT2D eigenvalue weighted by Gasteiger charge is -2.27. The van der Waals surface area contributed by atoms with E-state index in [1.165, 1.54) is 0 Å². The number of aliphatic hydroxyl groups is 1. The first-order chi connectivity index (χ1) is 9.80. The molecule has 4 nitrogen and oxygen atoms in total. The minimum atomic E-state index is -0.485. The van der Waals surface area contributed by atoms with Crippen molar-refractivity contribution in [3.8, 4) is 0 Å². The van der Waals surface area contributed by atoms with E-state index < -0.39 is 5.60 Å². The van der Waals surface area contributed by atoms with Crippen molar-refractivity contribution in [1.29, 1.82) is 0 Å². The molecule has 1 N–H and O–H groups in total. The van der Waals surface area contributed by atoms with Crippen molar-refractivity contribution in [2.24, 2.45) is 0 Å². The van der Waals surface area contributed by atoms with Gasteiger partial charge in [-0.15, -0.1) is 6.58 Å². The summed E-state index contributed by atoms with van der Waals surface area (Å²) in [4.78, 5) is 13.8. The summed E-state index contributed by atoms with van der Waals surface area (Å²) < 4.78 is 5.40. The molecule has 0 radical (unpaired) electrons. The third kappa shape index (κ3) is 10.7. The highest BCUT2D eigenvalue weighted by Gasteiger charge is 2.21. The van der Waals surface area contributed by atoms with Gasteiger partial charge in [0.05, 0.1) is 0 Å². The highest BCUT2D eigenvalue weighted by atomic mass is 16.6. The number of hydrogen-bond donors (Lipinski definition) is 1. The molecule has 0 aliphatic rings. The van der Waals surface area contributed by atoms with Gasteiger partial charge in [0.2, 0.25) is 0 Å². The number of rotatable bonds is 8. The van der Waals surface area contributed by atoms with Gasteiger partial charge in [-0.2, -0.15) is 0 Å². The van der Waals surface area contributed by atoms with Crippen LogP contribution in [0.2, 0.25) is 0 Å². The largest absolute Gasteiger partial charge is 0.508 e. The molecule has 0 unspecified atom stereocenters. The Balaban J connectivity index is 4.33. The van der Waals surface area contributed by atoms with Gasteiger partial charge in [-0.05, 0) is 59.1 Å². The SMILES string of the molecule is C=CCCN(CCC/C=C\C(O)=C/C)C(=O)OC(C)(C)C. The van der Waals surface area contributed by atoms with Crippen LogP contribution >= 0.6 is 0 Å². The van der Waals surface area contributed by atoms with E-state index in [0.29, 0.717) is 13.1 Å². The molecule has 0 aromatic rings. The predicted molar refractivity (Wildman–Crippen MR) is 87.4 cm³/mol. The number of amides is 1. The van der Waals surface area contributed by atoms with Gasteiger partial charge in [0, 0.05) is 13.1 Å². The molecule has 0 atom stereocenters. The molecule has 1 amide bonds. The molecule has 0 aliphatic heterocycles. The fraction of sp³-hybridized carbons (Fsp3) is 0.588. The number of ether oxygens (including phenoxy) is 1. The molecule has 0 spiro atoms. The van der Waals surface area contributed by atoms with E-state index in [1.807, 2.05) is 26.8 Å². The third-order valence-corrected chi connectivity index (χ3v) is 2.64. The molecule has 21 heavy (non-hydrogen) atoms. The lowest BCUT2D eigenvalue weighted by Crippen LogP contribution is -2.37. The van der Waals surface area contributed by atoms with Gasteiger partial charge >= 0.3 is 6.09 Å². The topological polar surface area (TPSA) is 49.8 Å². The van der Waals surface area contributed by atoms with Crippen LogP contribution < -0.4 is 0 Å². The van der Waals surface area contributed by atoms with Crippen LogP contribution in [0.1, 0.15) is 47.0 Å². The number of carbonyl (C=O) groups is 1. The minimum absolute atomic E-state index is 0.255. The van der Waals surface area contributed by atoms with E-state index in [4.69, 9.17) is 4.74 Å². The van der Waals surface area contributed by atoms with Crippen molar-refractivity contribution >= 4 is 6.09 Å². The number of aliphatic hydroxyl groups excluding tert-OH is 1. The molecule has 0 aromatic carbocycles. The molecule has 0 saturated heterocycles. The molecule has 0 bridgehead atoms. The molecule has 0 heterocycles. The molecule has 0 fully saturated rings. The van der Waals surface area contributed by atoms with Crippen LogP contribution in [0.5, 0.6) is 0 Å². The Labute approximate surface area is 128 Å². The maximum absolute atomic E-state index is 12.1. The molecule has 0 saturated carbocycles. The zero-order valence-electron chi connectivity index (χ0n) is 13.8. The predicted octanol–water partition coefficient (Wildman–Crippen LogP) is 4.60. The van der Waals surface area contributed by atoms with Crippen molar-refractivity contribution in [1.82, 2.24) is 4.90 Å². The van der Waals surface area contributed by atoms with Crippen molar-refractivity contribution < 1.29 is 14.6 Å². The quantitative estimate of drug-likeness (QED) is 0.308. The van der Waals surface area contributed by atoms with E-state index in [2.05, 4.69) is 6.58 Å². The molecule has 0 rings (SSSR count). The Morgan fingerprint density at radius 2 is 1.95 bits per heavy atom. The van der Waals surface area contributed by atoms with E-state index >= 15 is 0 Å². The van der Waals surface area contributed by atoms with Crippen molar-refractivity contribution in [3.63, 3.8) is 0 Å². The Kier molecular flexibility index (Phi) is 9.26. The zero-order valence-corrected chi connectivity index (χ0v) is 13.8. The Morgan fingerprint density at radius 3 is 2.48 bits per heavy atom. The van der Waals surface area contributed by atoms with Crippen LogP contribution in [-0.4, -0.2) is 34.8 Å². The second kappa shape index (κ2) is 10.1. The van der Waals surface area contributed by atoms with Crippen molar-refractivity contribution in [3.05, 3.63) is 36.6 Å². The van der Waals surface area contributed by atoms with E-state index in [-0.39, 0.29) is 11.9 Å². The summed E-state index contributed by atoms with van der Waals surface area (Å²) in [7, 11) is 0. The van der Waals surface area contributed by atoms with Gasteiger partial charge in [-0.1, -0.05) is 12.2 Å². The molecule has 0 aromatic heterocycles. The second-order valence-corrected chi connectivity index (χ2v) is 5.80. The lowest BCUT2D eigenvalue weighted by atomic mass is 10.2. The highest BCUT2D eigenvalue weighted by Crippen LogP contribution is 2.11. The summed E-state index contributed by atoms with van der Waals surface area (Å²) in [5, 5.41) is 9.28. The second-order valence-electron chi connectivity index (χ2n) is 5.80. The van der Waals surface area contributed by atoms with Gasteiger partial charge in [-0.25, -0.2) is 4.79 Å².